The van der Waals surface area contributed by atoms with Gasteiger partial charge in [0.2, 0.25) is 0 Å². The maximum absolute atomic E-state index is 13.7. The molecule has 246 valence electrons. The van der Waals surface area contributed by atoms with Gasteiger partial charge >= 0.3 is 17.1 Å². The van der Waals surface area contributed by atoms with Crippen molar-refractivity contribution in [1.29, 1.82) is 0 Å². The van der Waals surface area contributed by atoms with Gasteiger partial charge < -0.3 is 44.1 Å². The van der Waals surface area contributed by atoms with Gasteiger partial charge in [-0.2, -0.15) is 0 Å². The number of phenolic OH excluding ortho intramolecular Hbond substituents is 3. The average molecular weight is 661 g/mol. The highest BCUT2D eigenvalue weighted by Crippen LogP contribution is 2.48. The fourth-order valence-electron chi connectivity index (χ4n) is 6.57. The summed E-state index contributed by atoms with van der Waals surface area (Å²) in [6.45, 7) is 17.1. The second-order valence-corrected chi connectivity index (χ2v) is 21.9. The summed E-state index contributed by atoms with van der Waals surface area (Å²) in [5.74, 6) is -2.43. The number of nitrogens with two attached hydrogens (primary N) is 1. The van der Waals surface area contributed by atoms with E-state index in [2.05, 4.69) is 75.7 Å². The highest BCUT2D eigenvalue weighted by molar-refractivity contribution is 6.84. The number of benzene rings is 1. The van der Waals surface area contributed by atoms with Gasteiger partial charge in [-0.25, -0.2) is 15.0 Å². The number of nitrogen functional groups attached to an aromatic ring is 1. The molecule has 0 unspecified atom stereocenters. The molecule has 4 heterocycles. The molecule has 6 N–H and O–H groups in total. The highest BCUT2D eigenvalue weighted by Gasteiger charge is 2.62. The Morgan fingerprint density at radius 1 is 0.956 bits per heavy atom. The zero-order valence-electron chi connectivity index (χ0n) is 26.9. The number of aromatic hydroxyl groups is 3. The number of phenols is 3. The van der Waals surface area contributed by atoms with Crippen LogP contribution in [-0.2, 0) is 17.7 Å². The molecular formula is C29H44N6O8Si2. The molecule has 5 rings (SSSR count). The molecule has 0 spiro atoms. The van der Waals surface area contributed by atoms with E-state index in [1.54, 1.807) is 4.57 Å². The SMILES string of the molecule is CC(C)[Si]1(C(C)C)OC[C@H]2O[C@@H](n3cnc4c(N)ncnc43)[C@H](NC(=O)c3cc(O)c(O)c(O)c3)[C@@H]2O[Si](C(C)C)(C(C)C)O1. The van der Waals surface area contributed by atoms with Crippen molar-refractivity contribution in [2.75, 3.05) is 12.3 Å². The monoisotopic (exact) mass is 660 g/mol. The van der Waals surface area contributed by atoms with Crippen LogP contribution in [0.25, 0.3) is 11.2 Å². The third-order valence-electron chi connectivity index (χ3n) is 8.96. The molecule has 4 atom stereocenters. The minimum atomic E-state index is -3.12. The van der Waals surface area contributed by atoms with Gasteiger partial charge in [0.15, 0.2) is 34.9 Å². The molecule has 2 fully saturated rings. The number of imidazole rings is 1. The summed E-state index contributed by atoms with van der Waals surface area (Å²) < 4.78 is 29.9. The van der Waals surface area contributed by atoms with Crippen LogP contribution in [0.4, 0.5) is 5.82 Å². The largest absolute Gasteiger partial charge is 0.504 e. The molecule has 1 aromatic carbocycles. The average Bonchev–Trinajstić information content (AvgIpc) is 3.52. The van der Waals surface area contributed by atoms with Crippen molar-refractivity contribution in [1.82, 2.24) is 24.8 Å². The number of amides is 1. The molecule has 14 nitrogen and oxygen atoms in total. The normalized spacial score (nSPS) is 24.7. The topological polar surface area (TPSA) is 196 Å². The van der Waals surface area contributed by atoms with E-state index in [0.29, 0.717) is 11.2 Å². The maximum atomic E-state index is 13.7. The van der Waals surface area contributed by atoms with Crippen molar-refractivity contribution < 1.29 is 37.8 Å². The lowest BCUT2D eigenvalue weighted by Crippen LogP contribution is -2.66. The summed E-state index contributed by atoms with van der Waals surface area (Å²) in [4.78, 5) is 26.6. The van der Waals surface area contributed by atoms with Gasteiger partial charge in [-0.15, -0.1) is 0 Å². The van der Waals surface area contributed by atoms with Crippen LogP contribution in [0.3, 0.4) is 0 Å². The lowest BCUT2D eigenvalue weighted by molar-refractivity contribution is -0.0547. The molecule has 2 aliphatic heterocycles. The Balaban J connectivity index is 1.65. The molecule has 0 aliphatic carbocycles. The van der Waals surface area contributed by atoms with Crippen molar-refractivity contribution in [2.24, 2.45) is 0 Å². The number of carbonyl (C=O) groups excluding carboxylic acids is 1. The molecule has 2 saturated heterocycles. The summed E-state index contributed by atoms with van der Waals surface area (Å²) >= 11 is 0. The third kappa shape index (κ3) is 5.56. The van der Waals surface area contributed by atoms with Gasteiger partial charge in [-0.1, -0.05) is 55.4 Å². The van der Waals surface area contributed by atoms with E-state index in [1.165, 1.54) is 12.7 Å². The number of nitrogens with zero attached hydrogens (tertiary/aromatic N) is 4. The van der Waals surface area contributed by atoms with Crippen LogP contribution in [0.1, 0.15) is 72.0 Å². The Bertz CT molecular complexity index is 1530. The summed E-state index contributed by atoms with van der Waals surface area (Å²) in [6.07, 6.45) is 0.654. The van der Waals surface area contributed by atoms with Crippen LogP contribution < -0.4 is 11.1 Å². The van der Waals surface area contributed by atoms with E-state index in [0.717, 1.165) is 12.1 Å². The minimum Gasteiger partial charge on any atom is -0.504 e. The lowest BCUT2D eigenvalue weighted by atomic mass is 10.1. The molecular weight excluding hydrogens is 617 g/mol. The van der Waals surface area contributed by atoms with Gasteiger partial charge in [-0.3, -0.25) is 9.36 Å². The van der Waals surface area contributed by atoms with E-state index in [4.69, 9.17) is 23.4 Å². The van der Waals surface area contributed by atoms with E-state index in [9.17, 15) is 20.1 Å². The van der Waals surface area contributed by atoms with Crippen molar-refractivity contribution in [2.45, 2.75) is 102 Å². The van der Waals surface area contributed by atoms with Crippen molar-refractivity contribution in [3.05, 3.63) is 30.4 Å². The standard InChI is InChI=1S/C29H44N6O8Si2/c1-14(2)44(15(3)4)40-11-21-25(42-45(43-44,16(5)6)17(7)8)22(34-28(39)18-9-19(36)24(38)20(37)10-18)29(41-21)35-13-33-23-26(30)31-12-32-27(23)35/h9-10,12-17,21-22,25,29,36-38H,11H2,1-8H3,(H,34,39)(H2,30,31,32)/t21-,22-,25-,29-/m1/s1. The second-order valence-electron chi connectivity index (χ2n) is 13.1. The molecule has 3 aromatic rings. The Morgan fingerprint density at radius 3 is 2.13 bits per heavy atom. The molecule has 1 amide bonds. The molecule has 45 heavy (non-hydrogen) atoms. The zero-order valence-corrected chi connectivity index (χ0v) is 28.9. The number of nitrogens with one attached hydrogen (secondary N) is 1. The molecule has 2 aliphatic rings. The zero-order chi connectivity index (χ0) is 33.0. The van der Waals surface area contributed by atoms with E-state index in [-0.39, 0.29) is 40.2 Å². The fourth-order valence-corrected chi connectivity index (χ4v) is 17.8. The Hall–Kier alpha value is -3.29. The molecule has 0 saturated carbocycles. The number of anilines is 1. The number of hydrogen-bond donors (Lipinski definition) is 5. The van der Waals surface area contributed by atoms with Crippen LogP contribution in [0.15, 0.2) is 24.8 Å². The number of ether oxygens (including phenoxy) is 1. The number of aromatic nitrogens is 4. The first kappa shape index (κ1) is 33.1. The maximum Gasteiger partial charge on any atom is 0.335 e. The first-order chi connectivity index (χ1) is 21.1. The van der Waals surface area contributed by atoms with Crippen molar-refractivity contribution >= 4 is 40.0 Å². The Labute approximate surface area is 264 Å². The van der Waals surface area contributed by atoms with Gasteiger partial charge in [0.25, 0.3) is 5.91 Å². The van der Waals surface area contributed by atoms with Crippen LogP contribution in [-0.4, -0.2) is 82.7 Å². The van der Waals surface area contributed by atoms with Gasteiger partial charge in [-0.05, 0) is 34.3 Å². The van der Waals surface area contributed by atoms with Gasteiger partial charge in [0.05, 0.1) is 12.9 Å². The Kier molecular flexibility index (Phi) is 8.93. The van der Waals surface area contributed by atoms with Crippen LogP contribution >= 0.6 is 0 Å². The number of fused-ring (bicyclic) bond motifs is 2. The number of carbonyl (C=O) groups is 1. The second kappa shape index (κ2) is 12.1. The Morgan fingerprint density at radius 2 is 1.56 bits per heavy atom. The quantitative estimate of drug-likeness (QED) is 0.179. The third-order valence-corrected chi connectivity index (χ3v) is 19.2. The predicted molar refractivity (Wildman–Crippen MR) is 170 cm³/mol. The van der Waals surface area contributed by atoms with Crippen LogP contribution in [0.5, 0.6) is 17.2 Å². The smallest absolute Gasteiger partial charge is 0.335 e. The fraction of sp³-hybridized carbons (Fsp3) is 0.586. The summed E-state index contributed by atoms with van der Waals surface area (Å²) in [5, 5.41) is 33.1. The van der Waals surface area contributed by atoms with Crippen molar-refractivity contribution in [3.63, 3.8) is 0 Å². The van der Waals surface area contributed by atoms with Crippen LogP contribution in [0, 0.1) is 0 Å². The summed E-state index contributed by atoms with van der Waals surface area (Å²) in [6, 6.07) is 1.31. The van der Waals surface area contributed by atoms with Crippen LogP contribution in [0.2, 0.25) is 22.2 Å². The molecule has 0 radical (unpaired) electrons. The first-order valence-corrected chi connectivity index (χ1v) is 19.2. The number of hydrogen-bond acceptors (Lipinski definition) is 12. The summed E-state index contributed by atoms with van der Waals surface area (Å²) in [5.41, 5.74) is 7.09. The highest BCUT2D eigenvalue weighted by atomic mass is 28.5. The van der Waals surface area contributed by atoms with Gasteiger partial charge in [0.1, 0.15) is 30.1 Å². The molecule has 16 heteroatoms. The predicted octanol–water partition coefficient (Wildman–Crippen LogP) is 4.18. The van der Waals surface area contributed by atoms with Crippen molar-refractivity contribution in [3.8, 4) is 17.2 Å². The molecule has 2 aromatic heterocycles. The minimum absolute atomic E-state index is 0.0206. The lowest BCUT2D eigenvalue weighted by Gasteiger charge is -2.51. The number of rotatable bonds is 7. The van der Waals surface area contributed by atoms with E-state index < -0.39 is 64.8 Å². The van der Waals surface area contributed by atoms with E-state index in [1.807, 2.05) is 0 Å². The summed E-state index contributed by atoms with van der Waals surface area (Å²) in [7, 11) is -5.99. The first-order valence-electron chi connectivity index (χ1n) is 15.3. The van der Waals surface area contributed by atoms with E-state index >= 15 is 0 Å². The molecule has 0 bridgehead atoms. The van der Waals surface area contributed by atoms with Gasteiger partial charge in [0, 0.05) is 5.56 Å².